The van der Waals surface area contributed by atoms with Crippen molar-refractivity contribution in [3.63, 3.8) is 0 Å². The Morgan fingerprint density at radius 3 is 2.30 bits per heavy atom. The van der Waals surface area contributed by atoms with E-state index in [1.807, 2.05) is 0 Å². The maximum absolute atomic E-state index is 12.0. The van der Waals surface area contributed by atoms with Crippen LogP contribution in [0.25, 0.3) is 0 Å². The van der Waals surface area contributed by atoms with E-state index in [0.717, 1.165) is 24.3 Å². The molecule has 1 aliphatic carbocycles. The molecule has 0 bridgehead atoms. The van der Waals surface area contributed by atoms with Crippen LogP contribution in [0.3, 0.4) is 0 Å². The van der Waals surface area contributed by atoms with E-state index in [1.54, 1.807) is 11.8 Å². The van der Waals surface area contributed by atoms with Gasteiger partial charge in [-0.2, -0.15) is 11.8 Å². The summed E-state index contributed by atoms with van der Waals surface area (Å²) in [6.07, 6.45) is 7.08. The molecule has 2 amide bonds. The average molecular weight is 342 g/mol. The third-order valence-corrected chi connectivity index (χ3v) is 5.76. The van der Waals surface area contributed by atoms with Crippen LogP contribution < -0.4 is 10.6 Å². The lowest BCUT2D eigenvalue weighted by Gasteiger charge is -2.33. The minimum absolute atomic E-state index is 0.115. The minimum atomic E-state index is -1.17. The second kappa shape index (κ2) is 8.57. The first-order valence-corrected chi connectivity index (χ1v) is 9.56. The Kier molecular flexibility index (Phi) is 6.74. The van der Waals surface area contributed by atoms with Crippen LogP contribution in [0, 0.1) is 5.92 Å². The van der Waals surface area contributed by atoms with Gasteiger partial charge in [0.05, 0.1) is 6.54 Å². The topological polar surface area (TPSA) is 95.5 Å². The Balaban J connectivity index is 1.75. The predicted molar refractivity (Wildman–Crippen MR) is 89.3 cm³/mol. The van der Waals surface area contributed by atoms with Gasteiger partial charge < -0.3 is 15.7 Å². The number of carboxylic acids is 1. The highest BCUT2D eigenvalue weighted by Crippen LogP contribution is 2.27. The monoisotopic (exact) mass is 342 g/mol. The number of carbonyl (C=O) groups excluding carboxylic acids is 2. The van der Waals surface area contributed by atoms with E-state index >= 15 is 0 Å². The predicted octanol–water partition coefficient (Wildman–Crippen LogP) is 1.54. The summed E-state index contributed by atoms with van der Waals surface area (Å²) in [6.45, 7) is -0.145. The van der Waals surface area contributed by atoms with Gasteiger partial charge >= 0.3 is 5.97 Å². The number of nitrogens with one attached hydrogen (secondary N) is 2. The molecule has 0 spiro atoms. The number of thioether (sulfide) groups is 1. The normalized spacial score (nSPS) is 21.4. The van der Waals surface area contributed by atoms with Gasteiger partial charge in [-0.3, -0.25) is 9.59 Å². The summed E-state index contributed by atoms with van der Waals surface area (Å²) in [7, 11) is 0. The van der Waals surface area contributed by atoms with Gasteiger partial charge in [-0.25, -0.2) is 4.79 Å². The number of carboxylic acid groups (broad SMARTS) is 1. The highest BCUT2D eigenvalue weighted by Gasteiger charge is 2.41. The summed E-state index contributed by atoms with van der Waals surface area (Å²) in [5.41, 5.74) is -1.17. The van der Waals surface area contributed by atoms with E-state index < -0.39 is 17.4 Å². The van der Waals surface area contributed by atoms with Crippen LogP contribution in [0.15, 0.2) is 0 Å². The molecule has 0 unspecified atom stereocenters. The largest absolute Gasteiger partial charge is 0.480 e. The van der Waals surface area contributed by atoms with Gasteiger partial charge in [0.2, 0.25) is 11.8 Å². The van der Waals surface area contributed by atoms with Gasteiger partial charge in [0.25, 0.3) is 0 Å². The molecule has 0 radical (unpaired) electrons. The fourth-order valence-electron chi connectivity index (χ4n) is 3.33. The highest BCUT2D eigenvalue weighted by atomic mass is 32.2. The van der Waals surface area contributed by atoms with Crippen molar-refractivity contribution in [1.29, 1.82) is 0 Å². The van der Waals surface area contributed by atoms with Crippen molar-refractivity contribution in [3.05, 3.63) is 0 Å². The van der Waals surface area contributed by atoms with E-state index in [9.17, 15) is 19.5 Å². The third-order valence-electron chi connectivity index (χ3n) is 4.78. The lowest BCUT2D eigenvalue weighted by Crippen LogP contribution is -2.58. The van der Waals surface area contributed by atoms with Crippen LogP contribution in [0.4, 0.5) is 0 Å². The molecule has 1 saturated carbocycles. The van der Waals surface area contributed by atoms with Crippen molar-refractivity contribution < 1.29 is 19.5 Å². The fraction of sp³-hybridized carbons (Fsp3) is 0.812. The number of aliphatic carboxylic acids is 1. The standard InChI is InChI=1S/C16H26N2O4S/c19-13(10-12-4-2-1-3-5-12)17-11-14(20)18-16(15(21)22)6-8-23-9-7-16/h12H,1-11H2,(H,17,19)(H,18,20)(H,21,22). The number of rotatable bonds is 6. The van der Waals surface area contributed by atoms with Crippen LogP contribution in [-0.2, 0) is 14.4 Å². The first-order chi connectivity index (χ1) is 11.0. The first-order valence-electron chi connectivity index (χ1n) is 8.41. The van der Waals surface area contributed by atoms with Gasteiger partial charge in [0.15, 0.2) is 0 Å². The van der Waals surface area contributed by atoms with E-state index in [1.165, 1.54) is 19.3 Å². The van der Waals surface area contributed by atoms with E-state index in [-0.39, 0.29) is 12.5 Å². The first kappa shape index (κ1) is 18.1. The number of amides is 2. The maximum atomic E-state index is 12.0. The van der Waals surface area contributed by atoms with Crippen molar-refractivity contribution >= 4 is 29.5 Å². The minimum Gasteiger partial charge on any atom is -0.480 e. The second-order valence-corrected chi connectivity index (χ2v) is 7.76. The molecule has 2 rings (SSSR count). The molecule has 0 atom stereocenters. The van der Waals surface area contributed by atoms with Crippen LogP contribution in [-0.4, -0.2) is 46.5 Å². The molecule has 1 aliphatic heterocycles. The van der Waals surface area contributed by atoms with E-state index in [0.29, 0.717) is 25.2 Å². The van der Waals surface area contributed by atoms with Crippen molar-refractivity contribution in [2.45, 2.75) is 56.9 Å². The van der Waals surface area contributed by atoms with Crippen molar-refractivity contribution in [2.75, 3.05) is 18.1 Å². The van der Waals surface area contributed by atoms with Crippen LogP contribution in [0.1, 0.15) is 51.4 Å². The molecule has 2 aliphatic rings. The van der Waals surface area contributed by atoms with Crippen LogP contribution in [0.5, 0.6) is 0 Å². The zero-order valence-electron chi connectivity index (χ0n) is 13.4. The quantitative estimate of drug-likeness (QED) is 0.680. The smallest absolute Gasteiger partial charge is 0.329 e. The van der Waals surface area contributed by atoms with Gasteiger partial charge in [0.1, 0.15) is 5.54 Å². The molecule has 1 heterocycles. The molecular formula is C16H26N2O4S. The SMILES string of the molecule is O=C(CC1CCCCC1)NCC(=O)NC1(C(=O)O)CCSCC1. The Morgan fingerprint density at radius 1 is 1.04 bits per heavy atom. The van der Waals surface area contributed by atoms with Crippen LogP contribution in [0.2, 0.25) is 0 Å². The Bertz CT molecular complexity index is 443. The third kappa shape index (κ3) is 5.41. The molecule has 0 aromatic carbocycles. The van der Waals surface area contributed by atoms with Gasteiger partial charge in [0, 0.05) is 6.42 Å². The van der Waals surface area contributed by atoms with Crippen LogP contribution >= 0.6 is 11.8 Å². The Labute approximate surface area is 141 Å². The fourth-order valence-corrected chi connectivity index (χ4v) is 4.52. The molecule has 3 N–H and O–H groups in total. The zero-order chi connectivity index (χ0) is 16.7. The van der Waals surface area contributed by atoms with Crippen molar-refractivity contribution in [3.8, 4) is 0 Å². The van der Waals surface area contributed by atoms with E-state index in [4.69, 9.17) is 0 Å². The average Bonchev–Trinajstić information content (AvgIpc) is 2.55. The molecule has 0 aromatic rings. The molecule has 130 valence electrons. The molecule has 2 fully saturated rings. The van der Waals surface area contributed by atoms with Gasteiger partial charge in [-0.15, -0.1) is 0 Å². The molecule has 1 saturated heterocycles. The second-order valence-electron chi connectivity index (χ2n) is 6.53. The Hall–Kier alpha value is -1.24. The lowest BCUT2D eigenvalue weighted by molar-refractivity contribution is -0.148. The van der Waals surface area contributed by atoms with Crippen molar-refractivity contribution in [1.82, 2.24) is 10.6 Å². The summed E-state index contributed by atoms with van der Waals surface area (Å²) in [5, 5.41) is 14.7. The Morgan fingerprint density at radius 2 is 1.70 bits per heavy atom. The zero-order valence-corrected chi connectivity index (χ0v) is 14.3. The number of carbonyl (C=O) groups is 3. The summed E-state index contributed by atoms with van der Waals surface area (Å²) in [5.74, 6) is 0.348. The molecule has 6 nitrogen and oxygen atoms in total. The molecule has 0 aromatic heterocycles. The number of hydrogen-bond donors (Lipinski definition) is 3. The summed E-state index contributed by atoms with van der Waals surface area (Å²) in [4.78, 5) is 35.4. The summed E-state index contributed by atoms with van der Waals surface area (Å²) < 4.78 is 0. The molecular weight excluding hydrogens is 316 g/mol. The lowest BCUT2D eigenvalue weighted by atomic mass is 9.87. The summed E-state index contributed by atoms with van der Waals surface area (Å²) >= 11 is 1.69. The summed E-state index contributed by atoms with van der Waals surface area (Å²) in [6, 6.07) is 0. The number of hydrogen-bond acceptors (Lipinski definition) is 4. The molecule has 23 heavy (non-hydrogen) atoms. The maximum Gasteiger partial charge on any atom is 0.329 e. The van der Waals surface area contributed by atoms with Gasteiger partial charge in [-0.1, -0.05) is 19.3 Å². The van der Waals surface area contributed by atoms with E-state index in [2.05, 4.69) is 10.6 Å². The van der Waals surface area contributed by atoms with Crippen molar-refractivity contribution in [2.24, 2.45) is 5.92 Å². The highest BCUT2D eigenvalue weighted by molar-refractivity contribution is 7.99. The van der Waals surface area contributed by atoms with Gasteiger partial charge in [-0.05, 0) is 43.1 Å². The molecule has 7 heteroatoms.